The molecule has 1 atom stereocenters. The van der Waals surface area contributed by atoms with Crippen LogP contribution in [0.3, 0.4) is 0 Å². The molecule has 0 spiro atoms. The van der Waals surface area contributed by atoms with Crippen molar-refractivity contribution in [3.8, 4) is 0 Å². The quantitative estimate of drug-likeness (QED) is 0.740. The average molecular weight is 202 g/mol. The molecule has 1 N–H and O–H groups in total. The van der Waals surface area contributed by atoms with E-state index in [1.54, 1.807) is 0 Å². The zero-order valence-electron chi connectivity index (χ0n) is 9.24. The van der Waals surface area contributed by atoms with Gasteiger partial charge in [-0.2, -0.15) is 0 Å². The second-order valence-corrected chi connectivity index (χ2v) is 4.28. The minimum absolute atomic E-state index is 0.209. The molecular formula is C14H18O. The van der Waals surface area contributed by atoms with Crippen LogP contribution < -0.4 is 0 Å². The van der Waals surface area contributed by atoms with Crippen LogP contribution in [0.1, 0.15) is 38.2 Å². The summed E-state index contributed by atoms with van der Waals surface area (Å²) in [4.78, 5) is 0. The maximum absolute atomic E-state index is 9.94. The van der Waals surface area contributed by atoms with Gasteiger partial charge in [0.25, 0.3) is 0 Å². The van der Waals surface area contributed by atoms with Crippen molar-refractivity contribution in [2.75, 3.05) is 0 Å². The third-order valence-electron chi connectivity index (χ3n) is 3.26. The first-order valence-corrected chi connectivity index (χ1v) is 5.72. The van der Waals surface area contributed by atoms with Crippen LogP contribution in [-0.4, -0.2) is 11.2 Å². The number of benzene rings is 1. The van der Waals surface area contributed by atoms with Crippen molar-refractivity contribution < 1.29 is 5.11 Å². The second-order valence-electron chi connectivity index (χ2n) is 4.28. The number of hydrogen-bond acceptors (Lipinski definition) is 1. The van der Waals surface area contributed by atoms with Crippen molar-refractivity contribution in [1.82, 2.24) is 0 Å². The largest absolute Gasteiger partial charge is 0.389 e. The van der Waals surface area contributed by atoms with E-state index in [9.17, 15) is 5.11 Å². The normalized spacial score (nSPS) is 25.1. The lowest BCUT2D eigenvalue weighted by atomic mass is 9.87. The van der Waals surface area contributed by atoms with E-state index >= 15 is 0 Å². The third kappa shape index (κ3) is 2.29. The highest BCUT2D eigenvalue weighted by atomic mass is 16.3. The van der Waals surface area contributed by atoms with Gasteiger partial charge in [-0.3, -0.25) is 0 Å². The first kappa shape index (κ1) is 10.4. The summed E-state index contributed by atoms with van der Waals surface area (Å²) in [5.74, 6) is 0. The van der Waals surface area contributed by atoms with E-state index in [1.165, 1.54) is 23.1 Å². The second kappa shape index (κ2) is 4.63. The molecule has 15 heavy (non-hydrogen) atoms. The standard InChI is InChI=1S/C14H18O/c1-11(12-7-3-2-4-8-12)13-9-5-6-10-14(13)15/h2-4,7-8,14-15H,5-6,9-10H2,1H3/b13-11-. The highest BCUT2D eigenvalue weighted by molar-refractivity contribution is 5.67. The maximum atomic E-state index is 9.94. The van der Waals surface area contributed by atoms with Gasteiger partial charge in [-0.1, -0.05) is 36.8 Å². The summed E-state index contributed by atoms with van der Waals surface area (Å²) in [7, 11) is 0. The van der Waals surface area contributed by atoms with Crippen molar-refractivity contribution >= 4 is 5.57 Å². The zero-order valence-corrected chi connectivity index (χ0v) is 9.24. The summed E-state index contributed by atoms with van der Waals surface area (Å²) >= 11 is 0. The van der Waals surface area contributed by atoms with Crippen LogP contribution in [-0.2, 0) is 0 Å². The molecule has 1 aromatic rings. The lowest BCUT2D eigenvalue weighted by molar-refractivity contribution is 0.179. The van der Waals surface area contributed by atoms with E-state index in [0.29, 0.717) is 0 Å². The van der Waals surface area contributed by atoms with Gasteiger partial charge in [0.05, 0.1) is 6.10 Å². The van der Waals surface area contributed by atoms with E-state index in [4.69, 9.17) is 0 Å². The van der Waals surface area contributed by atoms with Crippen LogP contribution in [0.25, 0.3) is 5.57 Å². The van der Waals surface area contributed by atoms with E-state index in [-0.39, 0.29) is 6.10 Å². The minimum atomic E-state index is -0.209. The molecule has 0 amide bonds. The highest BCUT2D eigenvalue weighted by Crippen LogP contribution is 2.30. The predicted octanol–water partition coefficient (Wildman–Crippen LogP) is 3.40. The molecule has 0 aliphatic heterocycles. The molecule has 0 aromatic heterocycles. The summed E-state index contributed by atoms with van der Waals surface area (Å²) in [6.07, 6.45) is 4.16. The van der Waals surface area contributed by atoms with Crippen LogP contribution in [0.4, 0.5) is 0 Å². The minimum Gasteiger partial charge on any atom is -0.389 e. The molecule has 1 aromatic carbocycles. The Balaban J connectivity index is 2.31. The monoisotopic (exact) mass is 202 g/mol. The van der Waals surface area contributed by atoms with Gasteiger partial charge >= 0.3 is 0 Å². The fourth-order valence-corrected chi connectivity index (χ4v) is 2.30. The highest BCUT2D eigenvalue weighted by Gasteiger charge is 2.18. The molecule has 2 rings (SSSR count). The number of allylic oxidation sites excluding steroid dienone is 1. The van der Waals surface area contributed by atoms with Crippen LogP contribution in [0.5, 0.6) is 0 Å². The topological polar surface area (TPSA) is 20.2 Å². The lowest BCUT2D eigenvalue weighted by Gasteiger charge is -2.23. The predicted molar refractivity (Wildman–Crippen MR) is 63.5 cm³/mol. The van der Waals surface area contributed by atoms with Crippen LogP contribution in [0, 0.1) is 0 Å². The maximum Gasteiger partial charge on any atom is 0.0755 e. The molecule has 80 valence electrons. The summed E-state index contributed by atoms with van der Waals surface area (Å²) in [5.41, 5.74) is 3.75. The molecule has 1 unspecified atom stereocenters. The number of aliphatic hydroxyl groups is 1. The van der Waals surface area contributed by atoms with Gasteiger partial charge in [-0.15, -0.1) is 0 Å². The van der Waals surface area contributed by atoms with Crippen molar-refractivity contribution in [3.05, 3.63) is 41.5 Å². The SMILES string of the molecule is C/C(=C1\CCCCC1O)c1ccccc1. The third-order valence-corrected chi connectivity index (χ3v) is 3.26. The summed E-state index contributed by atoms with van der Waals surface area (Å²) in [5, 5.41) is 9.94. The van der Waals surface area contributed by atoms with Crippen LogP contribution >= 0.6 is 0 Å². The van der Waals surface area contributed by atoms with E-state index < -0.39 is 0 Å². The van der Waals surface area contributed by atoms with Crippen LogP contribution in [0.2, 0.25) is 0 Å². The van der Waals surface area contributed by atoms with E-state index in [0.717, 1.165) is 19.3 Å². The Hall–Kier alpha value is -1.08. The smallest absolute Gasteiger partial charge is 0.0755 e. The molecule has 1 aliphatic rings. The van der Waals surface area contributed by atoms with Gasteiger partial charge in [0.15, 0.2) is 0 Å². The molecular weight excluding hydrogens is 184 g/mol. The molecule has 1 saturated carbocycles. The molecule has 1 heteroatoms. The Morgan fingerprint density at radius 2 is 1.93 bits per heavy atom. The molecule has 1 nitrogen and oxygen atoms in total. The summed E-state index contributed by atoms with van der Waals surface area (Å²) in [6, 6.07) is 10.4. The Bertz CT molecular complexity index is 351. The lowest BCUT2D eigenvalue weighted by Crippen LogP contribution is -2.16. The van der Waals surface area contributed by atoms with Gasteiger partial charge in [-0.05, 0) is 42.9 Å². The first-order chi connectivity index (χ1) is 7.29. The van der Waals surface area contributed by atoms with Crippen molar-refractivity contribution in [2.45, 2.75) is 38.7 Å². The Labute approximate surface area is 91.4 Å². The molecule has 0 heterocycles. The molecule has 1 aliphatic carbocycles. The number of hydrogen-bond donors (Lipinski definition) is 1. The Kier molecular flexibility index (Phi) is 3.22. The zero-order chi connectivity index (χ0) is 10.7. The fourth-order valence-electron chi connectivity index (χ4n) is 2.30. The van der Waals surface area contributed by atoms with Gasteiger partial charge in [0.1, 0.15) is 0 Å². The first-order valence-electron chi connectivity index (χ1n) is 5.72. The van der Waals surface area contributed by atoms with Crippen molar-refractivity contribution in [3.63, 3.8) is 0 Å². The summed E-state index contributed by atoms with van der Waals surface area (Å²) in [6.45, 7) is 2.12. The molecule has 1 fully saturated rings. The number of rotatable bonds is 1. The molecule has 0 radical (unpaired) electrons. The van der Waals surface area contributed by atoms with Gasteiger partial charge in [0.2, 0.25) is 0 Å². The summed E-state index contributed by atoms with van der Waals surface area (Å²) < 4.78 is 0. The van der Waals surface area contributed by atoms with Gasteiger partial charge in [0, 0.05) is 0 Å². The molecule has 0 bridgehead atoms. The number of aliphatic hydroxyl groups excluding tert-OH is 1. The van der Waals surface area contributed by atoms with Crippen molar-refractivity contribution in [1.29, 1.82) is 0 Å². The Morgan fingerprint density at radius 1 is 1.20 bits per heavy atom. The van der Waals surface area contributed by atoms with E-state index in [1.807, 2.05) is 6.07 Å². The average Bonchev–Trinajstić information content (AvgIpc) is 2.30. The Morgan fingerprint density at radius 3 is 2.60 bits per heavy atom. The van der Waals surface area contributed by atoms with Crippen molar-refractivity contribution in [2.24, 2.45) is 0 Å². The van der Waals surface area contributed by atoms with Crippen LogP contribution in [0.15, 0.2) is 35.9 Å². The molecule has 0 saturated heterocycles. The fraction of sp³-hybridized carbons (Fsp3) is 0.429. The van der Waals surface area contributed by atoms with E-state index in [2.05, 4.69) is 31.2 Å². The van der Waals surface area contributed by atoms with Gasteiger partial charge < -0.3 is 5.11 Å². The van der Waals surface area contributed by atoms with Gasteiger partial charge in [-0.25, -0.2) is 0 Å².